The molecule has 1 aromatic heterocycles. The van der Waals surface area contributed by atoms with E-state index in [0.717, 1.165) is 24.4 Å². The maximum atomic E-state index is 5.70. The normalized spacial score (nSPS) is 14.6. The molecule has 92 valence electrons. The molecule has 18 heavy (non-hydrogen) atoms. The molecule has 2 N–H and O–H groups in total. The maximum absolute atomic E-state index is 5.70. The fourth-order valence-corrected chi connectivity index (χ4v) is 1.99. The van der Waals surface area contributed by atoms with E-state index < -0.39 is 0 Å². The van der Waals surface area contributed by atoms with E-state index in [4.69, 9.17) is 10.5 Å². The van der Waals surface area contributed by atoms with Gasteiger partial charge < -0.3 is 15.4 Å². The second kappa shape index (κ2) is 4.52. The van der Waals surface area contributed by atoms with Crippen molar-refractivity contribution in [2.75, 3.05) is 23.8 Å². The first kappa shape index (κ1) is 10.8. The molecular weight excluding hydrogens is 228 g/mol. The van der Waals surface area contributed by atoms with Gasteiger partial charge in [-0.3, -0.25) is 0 Å². The van der Waals surface area contributed by atoms with E-state index in [-0.39, 0.29) is 0 Å². The Bertz CT molecular complexity index is 541. The molecule has 0 fully saturated rings. The van der Waals surface area contributed by atoms with Crippen LogP contribution < -0.4 is 15.4 Å². The van der Waals surface area contributed by atoms with Gasteiger partial charge >= 0.3 is 0 Å². The number of fused-ring (bicyclic) bond motifs is 1. The second-order valence-corrected chi connectivity index (χ2v) is 4.19. The monoisotopic (exact) mass is 242 g/mol. The second-order valence-electron chi connectivity index (χ2n) is 4.19. The molecule has 0 atom stereocenters. The van der Waals surface area contributed by atoms with Crippen LogP contribution in [0, 0.1) is 0 Å². The molecule has 0 bridgehead atoms. The van der Waals surface area contributed by atoms with Gasteiger partial charge in [0.15, 0.2) is 0 Å². The van der Waals surface area contributed by atoms with Crippen LogP contribution in [0.4, 0.5) is 11.6 Å². The lowest BCUT2D eigenvalue weighted by atomic mass is 10.2. The third-order valence-corrected chi connectivity index (χ3v) is 2.89. The smallest absolute Gasteiger partial charge is 0.225 e. The number of rotatable bonds is 1. The van der Waals surface area contributed by atoms with E-state index in [1.165, 1.54) is 0 Å². The van der Waals surface area contributed by atoms with Crippen LogP contribution >= 0.6 is 0 Å². The van der Waals surface area contributed by atoms with Gasteiger partial charge in [0.2, 0.25) is 5.95 Å². The van der Waals surface area contributed by atoms with E-state index in [1.54, 1.807) is 12.4 Å². The molecule has 1 aliphatic heterocycles. The minimum Gasteiger partial charge on any atom is -0.491 e. The summed E-state index contributed by atoms with van der Waals surface area (Å²) < 4.78 is 5.70. The SMILES string of the molecule is Nc1cnc(N2CCOc3ccccc3C2)nc1. The Balaban J connectivity index is 1.89. The zero-order valence-electron chi connectivity index (χ0n) is 9.91. The summed E-state index contributed by atoms with van der Waals surface area (Å²) in [6, 6.07) is 8.04. The summed E-state index contributed by atoms with van der Waals surface area (Å²) in [5.41, 5.74) is 7.32. The molecule has 1 aromatic carbocycles. The first-order chi connectivity index (χ1) is 8.83. The van der Waals surface area contributed by atoms with Gasteiger partial charge in [-0.15, -0.1) is 0 Å². The number of aromatic nitrogens is 2. The van der Waals surface area contributed by atoms with Crippen LogP contribution in [0.2, 0.25) is 0 Å². The van der Waals surface area contributed by atoms with Crippen LogP contribution in [0.15, 0.2) is 36.7 Å². The lowest BCUT2D eigenvalue weighted by molar-refractivity contribution is 0.331. The first-order valence-corrected chi connectivity index (χ1v) is 5.86. The standard InChI is InChI=1S/C13H14N4O/c14-11-7-15-13(16-8-11)17-5-6-18-12-4-2-1-3-10(12)9-17/h1-4,7-8H,5-6,9,14H2. The van der Waals surface area contributed by atoms with E-state index in [9.17, 15) is 0 Å². The molecule has 2 aromatic rings. The minimum absolute atomic E-state index is 0.574. The molecule has 0 saturated heterocycles. The third-order valence-electron chi connectivity index (χ3n) is 2.89. The Labute approximate surface area is 105 Å². The zero-order chi connectivity index (χ0) is 12.4. The number of ether oxygens (including phenoxy) is 1. The summed E-state index contributed by atoms with van der Waals surface area (Å²) in [7, 11) is 0. The van der Waals surface area contributed by atoms with E-state index in [1.807, 2.05) is 18.2 Å². The number of nitrogens with two attached hydrogens (primary N) is 1. The third kappa shape index (κ3) is 2.07. The maximum Gasteiger partial charge on any atom is 0.225 e. The molecule has 0 amide bonds. The van der Waals surface area contributed by atoms with Crippen LogP contribution in [-0.4, -0.2) is 23.1 Å². The van der Waals surface area contributed by atoms with Crippen molar-refractivity contribution >= 4 is 11.6 Å². The van der Waals surface area contributed by atoms with Gasteiger partial charge in [0.25, 0.3) is 0 Å². The summed E-state index contributed by atoms with van der Waals surface area (Å²) >= 11 is 0. The molecule has 0 spiro atoms. The molecule has 0 unspecified atom stereocenters. The molecule has 0 radical (unpaired) electrons. The number of hydrogen-bond donors (Lipinski definition) is 1. The Morgan fingerprint density at radius 1 is 1.17 bits per heavy atom. The van der Waals surface area contributed by atoms with E-state index >= 15 is 0 Å². The van der Waals surface area contributed by atoms with Crippen LogP contribution in [0.5, 0.6) is 5.75 Å². The summed E-state index contributed by atoms with van der Waals surface area (Å²) in [6.07, 6.45) is 3.25. The average molecular weight is 242 g/mol. The average Bonchev–Trinajstić information content (AvgIpc) is 2.61. The van der Waals surface area contributed by atoms with Crippen LogP contribution in [0.1, 0.15) is 5.56 Å². The van der Waals surface area contributed by atoms with Gasteiger partial charge in [-0.25, -0.2) is 9.97 Å². The quantitative estimate of drug-likeness (QED) is 0.820. The van der Waals surface area contributed by atoms with Crippen LogP contribution in [0.25, 0.3) is 0 Å². The van der Waals surface area contributed by atoms with Crippen molar-refractivity contribution in [1.29, 1.82) is 0 Å². The molecule has 1 aliphatic rings. The number of hydrogen-bond acceptors (Lipinski definition) is 5. The van der Waals surface area contributed by atoms with Crippen LogP contribution in [-0.2, 0) is 6.54 Å². The fraction of sp³-hybridized carbons (Fsp3) is 0.231. The highest BCUT2D eigenvalue weighted by atomic mass is 16.5. The summed E-state index contributed by atoms with van der Waals surface area (Å²) in [4.78, 5) is 10.6. The number of anilines is 2. The summed E-state index contributed by atoms with van der Waals surface area (Å²) in [5, 5.41) is 0. The van der Waals surface area contributed by atoms with Crippen molar-refractivity contribution < 1.29 is 4.74 Å². The fourth-order valence-electron chi connectivity index (χ4n) is 1.99. The largest absolute Gasteiger partial charge is 0.491 e. The lowest BCUT2D eigenvalue weighted by Gasteiger charge is -2.19. The molecule has 0 saturated carbocycles. The number of benzene rings is 1. The molecule has 5 heteroatoms. The van der Waals surface area contributed by atoms with Gasteiger partial charge in [-0.1, -0.05) is 18.2 Å². The summed E-state index contributed by atoms with van der Waals surface area (Å²) in [6.45, 7) is 2.14. The van der Waals surface area contributed by atoms with Crippen molar-refractivity contribution in [3.05, 3.63) is 42.2 Å². The first-order valence-electron chi connectivity index (χ1n) is 5.86. The van der Waals surface area contributed by atoms with Crippen molar-refractivity contribution in [2.24, 2.45) is 0 Å². The molecule has 2 heterocycles. The molecular formula is C13H14N4O. The van der Waals surface area contributed by atoms with Crippen molar-refractivity contribution in [3.8, 4) is 5.75 Å². The van der Waals surface area contributed by atoms with E-state index in [0.29, 0.717) is 18.2 Å². The molecule has 5 nitrogen and oxygen atoms in total. The topological polar surface area (TPSA) is 64.3 Å². The van der Waals surface area contributed by atoms with Crippen molar-refractivity contribution in [3.63, 3.8) is 0 Å². The Kier molecular flexibility index (Phi) is 2.72. The highest BCUT2D eigenvalue weighted by molar-refractivity contribution is 5.42. The lowest BCUT2D eigenvalue weighted by Crippen LogP contribution is -2.27. The van der Waals surface area contributed by atoms with Gasteiger partial charge in [0.1, 0.15) is 12.4 Å². The Morgan fingerprint density at radius 2 is 1.94 bits per heavy atom. The van der Waals surface area contributed by atoms with Crippen molar-refractivity contribution in [1.82, 2.24) is 9.97 Å². The van der Waals surface area contributed by atoms with Crippen molar-refractivity contribution in [2.45, 2.75) is 6.54 Å². The van der Waals surface area contributed by atoms with E-state index in [2.05, 4.69) is 20.9 Å². The zero-order valence-corrected chi connectivity index (χ0v) is 9.91. The highest BCUT2D eigenvalue weighted by Crippen LogP contribution is 2.24. The van der Waals surface area contributed by atoms with Gasteiger partial charge in [0, 0.05) is 12.1 Å². The predicted molar refractivity (Wildman–Crippen MR) is 69.4 cm³/mol. The predicted octanol–water partition coefficient (Wildman–Crippen LogP) is 1.46. The number of nitrogen functional groups attached to an aromatic ring is 1. The minimum atomic E-state index is 0.574. The Hall–Kier alpha value is -2.30. The van der Waals surface area contributed by atoms with Gasteiger partial charge in [0.05, 0.1) is 24.6 Å². The summed E-state index contributed by atoms with van der Waals surface area (Å²) in [5.74, 6) is 1.62. The number of nitrogens with zero attached hydrogens (tertiary/aromatic N) is 3. The molecule has 3 rings (SSSR count). The van der Waals surface area contributed by atoms with Gasteiger partial charge in [-0.05, 0) is 6.07 Å². The Morgan fingerprint density at radius 3 is 2.78 bits per heavy atom. The van der Waals surface area contributed by atoms with Crippen LogP contribution in [0.3, 0.4) is 0 Å². The number of para-hydroxylation sites is 1. The molecule has 0 aliphatic carbocycles. The van der Waals surface area contributed by atoms with Gasteiger partial charge in [-0.2, -0.15) is 0 Å². The highest BCUT2D eigenvalue weighted by Gasteiger charge is 2.16.